The Hall–Kier alpha value is -3.27. The number of tetrazole rings is 1. The minimum Gasteiger partial charge on any atom is -0.323 e. The van der Waals surface area contributed by atoms with Crippen LogP contribution in [0.5, 0.6) is 0 Å². The number of rotatable bonds is 9. The lowest BCUT2D eigenvalue weighted by Crippen LogP contribution is -2.40. The molecular weight excluding hydrogens is 432 g/mol. The topological polar surface area (TPSA) is 116 Å². The van der Waals surface area contributed by atoms with Crippen molar-refractivity contribution in [2.45, 2.75) is 59.2 Å². The number of halogens is 1. The van der Waals surface area contributed by atoms with E-state index in [9.17, 15) is 9.59 Å². The molecule has 0 aliphatic carbocycles. The standard InChI is InChI=1S/C21H25ClN8O2/c1-3-4-10-28-18-17(23-20(22)24-18)19(31)29(21(28)32)11-5-12-30-16(25-26-27-30)13-15-8-6-14(2)7-9-15/h6-9H,3-5,10-13H2,1-2H3,(H,23,24). The summed E-state index contributed by atoms with van der Waals surface area (Å²) >= 11 is 5.97. The van der Waals surface area contributed by atoms with Crippen LogP contribution in [0.1, 0.15) is 43.1 Å². The van der Waals surface area contributed by atoms with Crippen LogP contribution in [0, 0.1) is 6.92 Å². The second-order valence-corrected chi connectivity index (χ2v) is 8.16. The molecule has 0 amide bonds. The summed E-state index contributed by atoms with van der Waals surface area (Å²) in [6.07, 6.45) is 2.83. The maximum absolute atomic E-state index is 13.0. The first kappa shape index (κ1) is 21.9. The Morgan fingerprint density at radius 1 is 1.03 bits per heavy atom. The minimum atomic E-state index is -0.422. The lowest BCUT2D eigenvalue weighted by Gasteiger charge is -2.11. The van der Waals surface area contributed by atoms with Gasteiger partial charge in [0.2, 0.25) is 5.28 Å². The fourth-order valence-corrected chi connectivity index (χ4v) is 3.82. The highest BCUT2D eigenvalue weighted by atomic mass is 35.5. The van der Waals surface area contributed by atoms with Crippen molar-refractivity contribution in [2.24, 2.45) is 0 Å². The molecule has 0 aliphatic rings. The summed E-state index contributed by atoms with van der Waals surface area (Å²) in [5.74, 6) is 0.734. The van der Waals surface area contributed by atoms with E-state index < -0.39 is 5.56 Å². The maximum Gasteiger partial charge on any atom is 0.332 e. The molecule has 0 unspecified atom stereocenters. The van der Waals surface area contributed by atoms with Crippen LogP contribution in [0.4, 0.5) is 0 Å². The third kappa shape index (κ3) is 4.50. The molecule has 0 atom stereocenters. The summed E-state index contributed by atoms with van der Waals surface area (Å²) in [6, 6.07) is 8.21. The van der Waals surface area contributed by atoms with Gasteiger partial charge in [0.25, 0.3) is 5.56 Å². The molecule has 1 aromatic carbocycles. The van der Waals surface area contributed by atoms with Gasteiger partial charge in [-0.15, -0.1) is 5.10 Å². The van der Waals surface area contributed by atoms with Crippen LogP contribution in [0.25, 0.3) is 11.2 Å². The van der Waals surface area contributed by atoms with Gasteiger partial charge >= 0.3 is 5.69 Å². The van der Waals surface area contributed by atoms with E-state index in [1.165, 1.54) is 14.7 Å². The number of benzene rings is 1. The molecule has 10 nitrogen and oxygen atoms in total. The Kier molecular flexibility index (Phi) is 6.50. The summed E-state index contributed by atoms with van der Waals surface area (Å²) < 4.78 is 4.46. The Balaban J connectivity index is 1.53. The first-order chi connectivity index (χ1) is 15.5. The third-order valence-corrected chi connectivity index (χ3v) is 5.59. The molecule has 0 radical (unpaired) electrons. The summed E-state index contributed by atoms with van der Waals surface area (Å²) in [6.45, 7) is 5.27. The number of imidazole rings is 1. The molecule has 0 bridgehead atoms. The Morgan fingerprint density at radius 3 is 2.53 bits per heavy atom. The van der Waals surface area contributed by atoms with Gasteiger partial charge in [-0.2, -0.15) is 4.98 Å². The molecule has 0 fully saturated rings. The normalized spacial score (nSPS) is 11.5. The van der Waals surface area contributed by atoms with Crippen molar-refractivity contribution in [1.29, 1.82) is 0 Å². The number of aromatic nitrogens is 8. The van der Waals surface area contributed by atoms with Crippen molar-refractivity contribution in [3.05, 3.63) is 67.3 Å². The number of hydrogen-bond acceptors (Lipinski definition) is 6. The van der Waals surface area contributed by atoms with Crippen molar-refractivity contribution in [3.63, 3.8) is 0 Å². The smallest absolute Gasteiger partial charge is 0.323 e. The van der Waals surface area contributed by atoms with E-state index in [2.05, 4.69) is 49.8 Å². The largest absolute Gasteiger partial charge is 0.332 e. The molecule has 11 heteroatoms. The van der Waals surface area contributed by atoms with Gasteiger partial charge in [0.1, 0.15) is 0 Å². The Bertz CT molecular complexity index is 1330. The molecule has 4 rings (SSSR count). The Labute approximate surface area is 188 Å². The van der Waals surface area contributed by atoms with Gasteiger partial charge in [-0.25, -0.2) is 9.48 Å². The molecule has 0 saturated heterocycles. The van der Waals surface area contributed by atoms with Crippen LogP contribution >= 0.6 is 11.6 Å². The Morgan fingerprint density at radius 2 is 1.78 bits per heavy atom. The number of nitrogens with zero attached hydrogens (tertiary/aromatic N) is 7. The molecule has 0 spiro atoms. The molecule has 1 N–H and O–H groups in total. The molecule has 0 aliphatic heterocycles. The molecule has 3 heterocycles. The van der Waals surface area contributed by atoms with E-state index in [-0.39, 0.29) is 23.0 Å². The van der Waals surface area contributed by atoms with Crippen LogP contribution in [0.15, 0.2) is 33.9 Å². The van der Waals surface area contributed by atoms with E-state index >= 15 is 0 Å². The van der Waals surface area contributed by atoms with Crippen LogP contribution in [-0.4, -0.2) is 39.3 Å². The lowest BCUT2D eigenvalue weighted by atomic mass is 10.1. The first-order valence-corrected chi connectivity index (χ1v) is 11.0. The van der Waals surface area contributed by atoms with E-state index in [1.807, 2.05) is 13.8 Å². The van der Waals surface area contributed by atoms with Gasteiger partial charge in [0.05, 0.1) is 0 Å². The SMILES string of the molecule is CCCCn1c(=O)n(CCCn2nnnc2Cc2ccc(C)cc2)c(=O)c2[nH]c(Cl)nc21. The zero-order valence-corrected chi connectivity index (χ0v) is 18.8. The van der Waals surface area contributed by atoms with Gasteiger partial charge in [-0.1, -0.05) is 43.2 Å². The first-order valence-electron chi connectivity index (χ1n) is 10.7. The molecular formula is C21H25ClN8O2. The molecule has 0 saturated carbocycles. The maximum atomic E-state index is 13.0. The second kappa shape index (κ2) is 9.47. The fourth-order valence-electron chi connectivity index (χ4n) is 3.64. The highest BCUT2D eigenvalue weighted by Crippen LogP contribution is 2.11. The van der Waals surface area contributed by atoms with E-state index in [0.717, 1.165) is 24.2 Å². The van der Waals surface area contributed by atoms with Crippen LogP contribution in [0.3, 0.4) is 0 Å². The second-order valence-electron chi connectivity index (χ2n) is 7.80. The van der Waals surface area contributed by atoms with Crippen molar-refractivity contribution in [1.82, 2.24) is 39.3 Å². The van der Waals surface area contributed by atoms with Gasteiger partial charge in [0, 0.05) is 26.1 Å². The zero-order chi connectivity index (χ0) is 22.7. The van der Waals surface area contributed by atoms with Crippen LogP contribution in [0.2, 0.25) is 5.28 Å². The summed E-state index contributed by atoms with van der Waals surface area (Å²) in [5, 5.41) is 12.1. The molecule has 3 aromatic heterocycles. The van der Waals surface area contributed by atoms with Gasteiger partial charge in [-0.05, 0) is 47.4 Å². The minimum absolute atomic E-state index is 0.0916. The van der Waals surface area contributed by atoms with E-state index in [4.69, 9.17) is 11.6 Å². The van der Waals surface area contributed by atoms with Crippen molar-refractivity contribution in [3.8, 4) is 0 Å². The highest BCUT2D eigenvalue weighted by molar-refractivity contribution is 6.28. The fraction of sp³-hybridized carbons (Fsp3) is 0.429. The van der Waals surface area contributed by atoms with Crippen molar-refractivity contribution < 1.29 is 0 Å². The number of unbranched alkanes of at least 4 members (excludes halogenated alkanes) is 1. The van der Waals surface area contributed by atoms with Crippen LogP contribution < -0.4 is 11.2 Å². The van der Waals surface area contributed by atoms with E-state index in [1.54, 1.807) is 4.68 Å². The van der Waals surface area contributed by atoms with E-state index in [0.29, 0.717) is 31.6 Å². The average molecular weight is 457 g/mol. The molecule has 4 aromatic rings. The quantitative estimate of drug-likeness (QED) is 0.386. The summed E-state index contributed by atoms with van der Waals surface area (Å²) in [5.41, 5.74) is 2.05. The van der Waals surface area contributed by atoms with Crippen molar-refractivity contribution in [2.75, 3.05) is 0 Å². The van der Waals surface area contributed by atoms with Gasteiger partial charge in [0.15, 0.2) is 17.0 Å². The number of aryl methyl sites for hydroxylation is 3. The molecule has 32 heavy (non-hydrogen) atoms. The number of nitrogens with one attached hydrogen (secondary N) is 1. The summed E-state index contributed by atoms with van der Waals surface area (Å²) in [4.78, 5) is 32.8. The van der Waals surface area contributed by atoms with Gasteiger partial charge < -0.3 is 4.98 Å². The van der Waals surface area contributed by atoms with Gasteiger partial charge in [-0.3, -0.25) is 13.9 Å². The number of fused-ring (bicyclic) bond motifs is 1. The zero-order valence-electron chi connectivity index (χ0n) is 18.1. The predicted molar refractivity (Wildman–Crippen MR) is 121 cm³/mol. The number of H-pyrrole nitrogens is 1. The molecule has 168 valence electrons. The van der Waals surface area contributed by atoms with Crippen LogP contribution in [-0.2, 0) is 26.1 Å². The monoisotopic (exact) mass is 456 g/mol. The third-order valence-electron chi connectivity index (χ3n) is 5.41. The predicted octanol–water partition coefficient (Wildman–Crippen LogP) is 2.32. The summed E-state index contributed by atoms with van der Waals surface area (Å²) in [7, 11) is 0. The lowest BCUT2D eigenvalue weighted by molar-refractivity contribution is 0.475. The van der Waals surface area contributed by atoms with Crippen molar-refractivity contribution >= 4 is 22.8 Å². The number of aromatic amines is 1. The average Bonchev–Trinajstić information content (AvgIpc) is 3.38. The number of hydrogen-bond donors (Lipinski definition) is 1. The highest BCUT2D eigenvalue weighted by Gasteiger charge is 2.17.